The van der Waals surface area contributed by atoms with Crippen molar-refractivity contribution in [3.05, 3.63) is 0 Å². The zero-order valence-electron chi connectivity index (χ0n) is 15.1. The van der Waals surface area contributed by atoms with Gasteiger partial charge in [-0.2, -0.15) is 0 Å². The van der Waals surface area contributed by atoms with Crippen molar-refractivity contribution in [3.63, 3.8) is 0 Å². The highest BCUT2D eigenvalue weighted by atomic mass is 31.2. The molecule has 0 N–H and O–H groups in total. The van der Waals surface area contributed by atoms with Crippen LogP contribution in [-0.2, 0) is 32.6 Å². The Bertz CT molecular complexity index is 502. The Balaban J connectivity index is 1.95. The third-order valence-corrected chi connectivity index (χ3v) is 5.59. The van der Waals surface area contributed by atoms with E-state index in [9.17, 15) is 4.57 Å². The van der Waals surface area contributed by atoms with Crippen LogP contribution in [0.5, 0.6) is 0 Å². The predicted molar refractivity (Wildman–Crippen MR) is 104 cm³/mol. The molecule has 0 amide bonds. The van der Waals surface area contributed by atoms with Crippen LogP contribution in [0.4, 0.5) is 0 Å². The summed E-state index contributed by atoms with van der Waals surface area (Å²) in [5, 5.41) is 0. The Morgan fingerprint density at radius 3 is 2.35 bits per heavy atom. The van der Waals surface area contributed by atoms with Gasteiger partial charge in [0.25, 0.3) is 0 Å². The molecule has 2 rings (SSSR count). The highest BCUT2D eigenvalue weighted by Gasteiger charge is 2.43. The van der Waals surface area contributed by atoms with Crippen LogP contribution in [0.3, 0.4) is 0 Å². The van der Waals surface area contributed by atoms with Crippen LogP contribution >= 0.6 is 7.47 Å². The summed E-state index contributed by atoms with van der Waals surface area (Å²) in [5.74, 6) is -0.00828. The molecule has 0 aromatic rings. The fourth-order valence-electron chi connectivity index (χ4n) is 3.31. The van der Waals surface area contributed by atoms with Gasteiger partial charge < -0.3 is 32.6 Å². The number of rotatable bonds is 9. The first-order valence-electron chi connectivity index (χ1n) is 8.33. The lowest BCUT2D eigenvalue weighted by atomic mass is 9.49. The number of hydrogen-bond donors (Lipinski definition) is 0. The standard InChI is InChI=1S/C14H27B4O7P/c1-7-12(9(5-20-3)23-13(7)15)25-26(17,19)22-6-10-11(21-4)8(2)14(18-16)24-10/h7-14H,5-6H2,1-4,17H3/q-1/t7-,8-,9+,10+,11?,12?,13+,14+,26?/m0/s1. The van der Waals surface area contributed by atoms with Gasteiger partial charge in [-0.15, -0.1) is 0 Å². The fourth-order valence-corrected chi connectivity index (χ4v) is 4.16. The molecule has 0 bridgehead atoms. The minimum atomic E-state index is -3.12. The Labute approximate surface area is 160 Å². The molecule has 2 heterocycles. The van der Waals surface area contributed by atoms with Gasteiger partial charge in [-0.1, -0.05) is 13.8 Å². The summed E-state index contributed by atoms with van der Waals surface area (Å²) in [4.78, 5) is 0. The number of hydrogen-bond acceptors (Lipinski definition) is 7. The van der Waals surface area contributed by atoms with Gasteiger partial charge in [-0.05, 0) is 0 Å². The zero-order valence-corrected chi connectivity index (χ0v) is 16.0. The summed E-state index contributed by atoms with van der Waals surface area (Å²) in [6.07, 6.45) is -1.29. The maximum absolute atomic E-state index is 13.0. The molecule has 3 unspecified atom stereocenters. The third-order valence-electron chi connectivity index (χ3n) is 4.81. The van der Waals surface area contributed by atoms with Gasteiger partial charge in [-0.25, -0.2) is 0 Å². The van der Waals surface area contributed by atoms with Gasteiger partial charge >= 0.3 is 0 Å². The van der Waals surface area contributed by atoms with Gasteiger partial charge in [-0.3, -0.25) is 0 Å². The summed E-state index contributed by atoms with van der Waals surface area (Å²) < 4.78 is 46.7. The third kappa shape index (κ3) is 5.19. The van der Waals surface area contributed by atoms with Crippen molar-refractivity contribution in [2.45, 2.75) is 50.3 Å². The molecule has 2 aliphatic rings. The van der Waals surface area contributed by atoms with E-state index in [4.69, 9.17) is 43.6 Å². The SMILES string of the molecule is [B][B][C@@H]1O[C@H](COP([BH3-])(=O)OC2[C@@H](COC)O[C@@H]([B])[C@H]2C)C(OC)[C@@H]1C. The smallest absolute Gasteiger partial charge is 0.147 e. The molecule has 2 fully saturated rings. The van der Waals surface area contributed by atoms with Crippen molar-refractivity contribution in [2.24, 2.45) is 11.8 Å². The molecule has 7 nitrogen and oxygen atoms in total. The lowest BCUT2D eigenvalue weighted by Gasteiger charge is -2.30. The second kappa shape index (κ2) is 9.64. The maximum atomic E-state index is 13.0. The van der Waals surface area contributed by atoms with E-state index in [0.29, 0.717) is 6.61 Å². The first-order valence-corrected chi connectivity index (χ1v) is 9.42. The average Bonchev–Trinajstić information content (AvgIpc) is 3.04. The van der Waals surface area contributed by atoms with Crippen molar-refractivity contribution >= 4 is 37.8 Å². The largest absolute Gasteiger partial charge is 0.382 e. The number of ether oxygens (including phenoxy) is 4. The first kappa shape index (κ1) is 22.5. The highest BCUT2D eigenvalue weighted by Crippen LogP contribution is 2.48. The van der Waals surface area contributed by atoms with Crippen molar-refractivity contribution in [2.75, 3.05) is 27.4 Å². The molecule has 0 spiro atoms. The van der Waals surface area contributed by atoms with Crippen LogP contribution in [0.25, 0.3) is 0 Å². The Morgan fingerprint density at radius 1 is 1.12 bits per heavy atom. The second-order valence-corrected chi connectivity index (χ2v) is 7.35. The van der Waals surface area contributed by atoms with Crippen molar-refractivity contribution in [1.82, 2.24) is 0 Å². The Morgan fingerprint density at radius 2 is 1.77 bits per heavy atom. The molecule has 26 heavy (non-hydrogen) atoms. The first-order chi connectivity index (χ1) is 12.2. The van der Waals surface area contributed by atoms with Gasteiger partial charge in [0.2, 0.25) is 0 Å². The summed E-state index contributed by atoms with van der Waals surface area (Å²) in [7, 11) is 12.4. The van der Waals surface area contributed by atoms with Crippen LogP contribution < -0.4 is 0 Å². The normalized spacial score (nSPS) is 42.7. The van der Waals surface area contributed by atoms with Crippen LogP contribution in [0.1, 0.15) is 13.8 Å². The van der Waals surface area contributed by atoms with E-state index in [-0.39, 0.29) is 42.8 Å². The molecule has 0 aromatic heterocycles. The molecular weight excluding hydrogens is 354 g/mol. The molecule has 9 atom stereocenters. The van der Waals surface area contributed by atoms with Crippen LogP contribution in [0.2, 0.25) is 0 Å². The summed E-state index contributed by atoms with van der Waals surface area (Å²) in [5.41, 5.74) is 0. The van der Waals surface area contributed by atoms with Gasteiger partial charge in [0.15, 0.2) is 0 Å². The van der Waals surface area contributed by atoms with Crippen molar-refractivity contribution in [1.29, 1.82) is 0 Å². The quantitative estimate of drug-likeness (QED) is 0.382. The summed E-state index contributed by atoms with van der Waals surface area (Å²) >= 11 is 0. The topological polar surface area (TPSA) is 72.5 Å². The van der Waals surface area contributed by atoms with Crippen molar-refractivity contribution in [3.8, 4) is 0 Å². The zero-order chi connectivity index (χ0) is 19.5. The lowest BCUT2D eigenvalue weighted by Crippen LogP contribution is -2.33. The van der Waals surface area contributed by atoms with E-state index in [0.717, 1.165) is 0 Å². The highest BCUT2D eigenvalue weighted by molar-refractivity contribution is 7.79. The average molecular weight is 382 g/mol. The molecule has 2 aliphatic heterocycles. The molecule has 0 aliphatic carbocycles. The molecule has 12 heteroatoms. The maximum Gasteiger partial charge on any atom is 0.147 e. The van der Waals surface area contributed by atoms with Gasteiger partial charge in [0.1, 0.15) is 27.5 Å². The van der Waals surface area contributed by atoms with E-state index < -0.39 is 27.1 Å². The molecule has 2 saturated heterocycles. The van der Waals surface area contributed by atoms with E-state index in [1.807, 2.05) is 13.8 Å². The van der Waals surface area contributed by atoms with E-state index in [2.05, 4.69) is 0 Å². The Hall–Kier alpha value is 0.250. The monoisotopic (exact) mass is 382 g/mol. The molecular formula is C14H27B4O7P-. The summed E-state index contributed by atoms with van der Waals surface area (Å²) in [6, 6.07) is -0.692. The van der Waals surface area contributed by atoms with Crippen LogP contribution in [0.15, 0.2) is 0 Å². The Kier molecular flexibility index (Phi) is 8.35. The summed E-state index contributed by atoms with van der Waals surface area (Å²) in [6.45, 7) is 4.37. The second-order valence-electron chi connectivity index (χ2n) is 6.43. The fraction of sp³-hybridized carbons (Fsp3) is 1.00. The van der Waals surface area contributed by atoms with E-state index >= 15 is 0 Å². The molecule has 0 saturated carbocycles. The van der Waals surface area contributed by atoms with Gasteiger partial charge in [0, 0.05) is 45.8 Å². The van der Waals surface area contributed by atoms with E-state index in [1.54, 1.807) is 14.2 Å². The minimum Gasteiger partial charge on any atom is -0.382 e. The molecule has 5 radical (unpaired) electrons. The minimum absolute atomic E-state index is 0.0927. The van der Waals surface area contributed by atoms with Crippen LogP contribution in [0, 0.1) is 11.8 Å². The van der Waals surface area contributed by atoms with Gasteiger partial charge in [0.05, 0.1) is 40.2 Å². The van der Waals surface area contributed by atoms with Crippen molar-refractivity contribution < 1.29 is 32.6 Å². The van der Waals surface area contributed by atoms with E-state index in [1.165, 1.54) is 7.17 Å². The molecule has 0 aromatic carbocycles. The van der Waals surface area contributed by atoms with Crippen LogP contribution in [-0.4, -0.2) is 94.2 Å². The molecule has 143 valence electrons. The lowest BCUT2D eigenvalue weighted by molar-refractivity contribution is -0.0292. The number of methoxy groups -OCH3 is 2. The predicted octanol–water partition coefficient (Wildman–Crippen LogP) is -0.799.